The Kier molecular flexibility index (Phi) is 5.44. The number of amides is 1. The molecule has 6 nitrogen and oxygen atoms in total. The third kappa shape index (κ3) is 4.13. The molecule has 2 aromatic carbocycles. The molecule has 31 heavy (non-hydrogen) atoms. The molecule has 0 aliphatic heterocycles. The standard InChI is InChI=1S/C24H18ClN5O/c1-14-7-9-16(25)13-18(14)22-20(23(26)31)17(10-8-15-5-3-2-4-6-15)21(30-22)19-11-12-28-24(27)29-19/h2-7,9,11-13,30H,1H3,(H2,26,31)(H2,27,28,29). The average Bonchev–Trinajstić information content (AvgIpc) is 3.14. The molecule has 4 aromatic rings. The summed E-state index contributed by atoms with van der Waals surface area (Å²) in [5.74, 6) is 5.69. The monoisotopic (exact) mass is 427 g/mol. The highest BCUT2D eigenvalue weighted by Gasteiger charge is 2.24. The van der Waals surface area contributed by atoms with Crippen molar-refractivity contribution in [2.45, 2.75) is 6.92 Å². The second-order valence-electron chi connectivity index (χ2n) is 6.86. The number of aryl methyl sites for hydroxylation is 1. The van der Waals surface area contributed by atoms with Gasteiger partial charge in [0.1, 0.15) is 0 Å². The van der Waals surface area contributed by atoms with Crippen molar-refractivity contribution in [1.82, 2.24) is 15.0 Å². The van der Waals surface area contributed by atoms with Gasteiger partial charge < -0.3 is 16.5 Å². The molecular weight excluding hydrogens is 410 g/mol. The van der Waals surface area contributed by atoms with Crippen molar-refractivity contribution in [1.29, 1.82) is 0 Å². The number of hydrogen-bond donors (Lipinski definition) is 3. The minimum absolute atomic E-state index is 0.107. The van der Waals surface area contributed by atoms with Gasteiger partial charge in [-0.15, -0.1) is 0 Å². The summed E-state index contributed by atoms with van der Waals surface area (Å²) < 4.78 is 0. The van der Waals surface area contributed by atoms with Gasteiger partial charge in [-0.2, -0.15) is 0 Å². The summed E-state index contributed by atoms with van der Waals surface area (Å²) in [7, 11) is 0. The molecule has 0 spiro atoms. The summed E-state index contributed by atoms with van der Waals surface area (Å²) in [4.78, 5) is 24.1. The Bertz CT molecular complexity index is 1350. The van der Waals surface area contributed by atoms with Crippen LogP contribution in [0, 0.1) is 18.8 Å². The Morgan fingerprint density at radius 3 is 2.55 bits per heavy atom. The van der Waals surface area contributed by atoms with E-state index >= 15 is 0 Å². The zero-order valence-corrected chi connectivity index (χ0v) is 17.4. The summed E-state index contributed by atoms with van der Waals surface area (Å²) in [6, 6.07) is 16.6. The number of halogens is 1. The van der Waals surface area contributed by atoms with Crippen LogP contribution < -0.4 is 11.5 Å². The third-order valence-corrected chi connectivity index (χ3v) is 4.99. The number of nitrogens with two attached hydrogens (primary N) is 2. The van der Waals surface area contributed by atoms with Crippen molar-refractivity contribution >= 4 is 23.5 Å². The maximum atomic E-state index is 12.6. The van der Waals surface area contributed by atoms with E-state index in [4.69, 9.17) is 23.1 Å². The number of nitrogens with zero attached hydrogens (tertiary/aromatic N) is 2. The lowest BCUT2D eigenvalue weighted by atomic mass is 9.99. The number of carbonyl (C=O) groups is 1. The minimum atomic E-state index is -0.615. The van der Waals surface area contributed by atoms with Crippen LogP contribution in [0.25, 0.3) is 22.6 Å². The lowest BCUT2D eigenvalue weighted by molar-refractivity contribution is 0.100. The van der Waals surface area contributed by atoms with Crippen molar-refractivity contribution in [3.05, 3.63) is 88.1 Å². The van der Waals surface area contributed by atoms with Crippen molar-refractivity contribution in [3.8, 4) is 34.5 Å². The number of primary amides is 1. The van der Waals surface area contributed by atoms with Gasteiger partial charge in [0.25, 0.3) is 5.91 Å². The minimum Gasteiger partial charge on any atom is -0.368 e. The maximum Gasteiger partial charge on any atom is 0.252 e. The van der Waals surface area contributed by atoms with Gasteiger partial charge in [-0.1, -0.05) is 47.7 Å². The van der Waals surface area contributed by atoms with Crippen molar-refractivity contribution in [2.75, 3.05) is 5.73 Å². The Morgan fingerprint density at radius 1 is 1.06 bits per heavy atom. The van der Waals surface area contributed by atoms with Crippen LogP contribution in [-0.4, -0.2) is 20.9 Å². The molecule has 1 amide bonds. The molecule has 0 radical (unpaired) electrons. The van der Waals surface area contributed by atoms with Gasteiger partial charge in [0, 0.05) is 22.3 Å². The van der Waals surface area contributed by atoms with E-state index in [1.54, 1.807) is 24.4 Å². The summed E-state index contributed by atoms with van der Waals surface area (Å²) >= 11 is 6.23. The zero-order valence-electron chi connectivity index (χ0n) is 16.6. The largest absolute Gasteiger partial charge is 0.368 e. The Balaban J connectivity index is 2.03. The van der Waals surface area contributed by atoms with Crippen LogP contribution >= 0.6 is 11.6 Å². The van der Waals surface area contributed by atoms with E-state index in [1.165, 1.54) is 0 Å². The summed E-state index contributed by atoms with van der Waals surface area (Å²) in [6.45, 7) is 1.93. The average molecular weight is 428 g/mol. The lowest BCUT2D eigenvalue weighted by Gasteiger charge is -2.06. The molecule has 0 aliphatic rings. The molecule has 0 saturated heterocycles. The first-order valence-electron chi connectivity index (χ1n) is 9.42. The number of anilines is 1. The maximum absolute atomic E-state index is 12.6. The number of nitrogens with one attached hydrogen (secondary N) is 1. The highest BCUT2D eigenvalue weighted by molar-refractivity contribution is 6.31. The molecule has 152 valence electrons. The number of carbonyl (C=O) groups excluding carboxylic acids is 1. The highest BCUT2D eigenvalue weighted by Crippen LogP contribution is 2.35. The van der Waals surface area contributed by atoms with Crippen LogP contribution in [0.3, 0.4) is 0 Å². The Hall–Kier alpha value is -4.08. The highest BCUT2D eigenvalue weighted by atomic mass is 35.5. The fourth-order valence-electron chi connectivity index (χ4n) is 3.30. The van der Waals surface area contributed by atoms with E-state index < -0.39 is 5.91 Å². The lowest BCUT2D eigenvalue weighted by Crippen LogP contribution is -2.13. The number of benzene rings is 2. The molecular formula is C24H18ClN5O. The quantitative estimate of drug-likeness (QED) is 0.426. The van der Waals surface area contributed by atoms with Crippen LogP contribution in [-0.2, 0) is 0 Å². The number of H-pyrrole nitrogens is 1. The van der Waals surface area contributed by atoms with Crippen LogP contribution in [0.15, 0.2) is 60.8 Å². The topological polar surface area (TPSA) is 111 Å². The molecule has 4 rings (SSSR count). The first-order chi connectivity index (χ1) is 14.9. The van der Waals surface area contributed by atoms with E-state index in [2.05, 4.69) is 26.8 Å². The normalized spacial score (nSPS) is 10.4. The van der Waals surface area contributed by atoms with Gasteiger partial charge >= 0.3 is 0 Å². The Morgan fingerprint density at radius 2 is 1.84 bits per heavy atom. The van der Waals surface area contributed by atoms with E-state index in [0.717, 1.165) is 16.7 Å². The molecule has 5 N–H and O–H groups in total. The first kappa shape index (κ1) is 20.2. The smallest absolute Gasteiger partial charge is 0.252 e. The second kappa shape index (κ2) is 8.34. The fourth-order valence-corrected chi connectivity index (χ4v) is 3.47. The van der Waals surface area contributed by atoms with Gasteiger partial charge in [-0.25, -0.2) is 9.97 Å². The van der Waals surface area contributed by atoms with Gasteiger partial charge in [0.15, 0.2) is 0 Å². The van der Waals surface area contributed by atoms with Crippen molar-refractivity contribution in [3.63, 3.8) is 0 Å². The van der Waals surface area contributed by atoms with Crippen molar-refractivity contribution < 1.29 is 4.79 Å². The summed E-state index contributed by atoms with van der Waals surface area (Å²) in [5, 5.41) is 0.537. The molecule has 0 saturated carbocycles. The van der Waals surface area contributed by atoms with Crippen molar-refractivity contribution in [2.24, 2.45) is 5.73 Å². The number of hydrogen-bond acceptors (Lipinski definition) is 4. The fraction of sp³-hybridized carbons (Fsp3) is 0.0417. The van der Waals surface area contributed by atoms with Gasteiger partial charge in [-0.05, 0) is 42.8 Å². The van der Waals surface area contributed by atoms with E-state index in [1.807, 2.05) is 43.3 Å². The van der Waals surface area contributed by atoms with E-state index in [9.17, 15) is 4.79 Å². The number of nitrogen functional groups attached to an aromatic ring is 1. The van der Waals surface area contributed by atoms with Crippen LogP contribution in [0.2, 0.25) is 5.02 Å². The molecule has 0 atom stereocenters. The van der Waals surface area contributed by atoms with E-state index in [-0.39, 0.29) is 11.5 Å². The molecule has 0 fully saturated rings. The number of aromatic nitrogens is 3. The zero-order chi connectivity index (χ0) is 22.0. The van der Waals surface area contributed by atoms with E-state index in [0.29, 0.717) is 27.7 Å². The summed E-state index contributed by atoms with van der Waals surface area (Å²) in [6.07, 6.45) is 1.54. The Labute approximate surface area is 184 Å². The molecule has 0 unspecified atom stereocenters. The summed E-state index contributed by atoms with van der Waals surface area (Å²) in [5.41, 5.74) is 16.3. The third-order valence-electron chi connectivity index (χ3n) is 4.75. The van der Waals surface area contributed by atoms with Gasteiger partial charge in [0.2, 0.25) is 5.95 Å². The molecule has 0 aliphatic carbocycles. The SMILES string of the molecule is Cc1ccc(Cl)cc1-c1[nH]c(-c2ccnc(N)n2)c(C#Cc2ccccc2)c1C(N)=O. The molecule has 2 heterocycles. The second-order valence-corrected chi connectivity index (χ2v) is 7.30. The van der Waals surface area contributed by atoms with Crippen LogP contribution in [0.5, 0.6) is 0 Å². The predicted molar refractivity (Wildman–Crippen MR) is 122 cm³/mol. The van der Waals surface area contributed by atoms with Gasteiger partial charge in [0.05, 0.1) is 28.2 Å². The van der Waals surface area contributed by atoms with Gasteiger partial charge in [-0.3, -0.25) is 4.79 Å². The van der Waals surface area contributed by atoms with Crippen LogP contribution in [0.4, 0.5) is 5.95 Å². The number of rotatable bonds is 3. The number of aromatic amines is 1. The predicted octanol–water partition coefficient (Wildman–Crippen LogP) is 4.18. The van der Waals surface area contributed by atoms with Crippen LogP contribution in [0.1, 0.15) is 27.0 Å². The molecule has 7 heteroatoms. The molecule has 0 bridgehead atoms. The molecule has 2 aromatic heterocycles. The first-order valence-corrected chi connectivity index (χ1v) is 9.80.